The molecule has 0 atom stereocenters. The van der Waals surface area contributed by atoms with Gasteiger partial charge >= 0.3 is 0 Å². The minimum absolute atomic E-state index is 0.0834. The molecule has 0 aromatic carbocycles. The molecule has 0 spiro atoms. The van der Waals surface area contributed by atoms with Crippen molar-refractivity contribution in [2.75, 3.05) is 13.1 Å². The number of hydrogen-bond acceptors (Lipinski definition) is 4. The van der Waals surface area contributed by atoms with Crippen LogP contribution in [0.3, 0.4) is 0 Å². The van der Waals surface area contributed by atoms with Crippen LogP contribution < -0.4 is 10.6 Å². The number of carbonyl (C=O) groups excluding carboxylic acids is 1. The van der Waals surface area contributed by atoms with Crippen LogP contribution in [0.5, 0.6) is 0 Å². The second-order valence-corrected chi connectivity index (χ2v) is 5.53. The second kappa shape index (κ2) is 7.85. The van der Waals surface area contributed by atoms with Gasteiger partial charge in [0.1, 0.15) is 6.07 Å². The zero-order valence-electron chi connectivity index (χ0n) is 10.8. The lowest BCUT2D eigenvalue weighted by atomic mass is 10.2. The first-order chi connectivity index (χ1) is 8.61. The Bertz CT molecular complexity index is 420. The Morgan fingerprint density at radius 3 is 2.94 bits per heavy atom. The molecule has 0 aliphatic heterocycles. The quantitative estimate of drug-likeness (QED) is 0.740. The average molecular weight is 265 g/mol. The molecule has 0 fully saturated rings. The minimum Gasteiger partial charge on any atom is -0.356 e. The molecule has 0 aliphatic rings. The first kappa shape index (κ1) is 14.7. The van der Waals surface area contributed by atoms with Gasteiger partial charge < -0.3 is 10.6 Å². The SMILES string of the molecule is CC(C)CNC(=O)CCNCc1cc(C#N)cs1. The molecule has 0 unspecified atom stereocenters. The number of amides is 1. The van der Waals surface area contributed by atoms with Crippen molar-refractivity contribution in [1.82, 2.24) is 10.6 Å². The Labute approximate surface area is 112 Å². The van der Waals surface area contributed by atoms with Crippen LogP contribution in [0.4, 0.5) is 0 Å². The summed E-state index contributed by atoms with van der Waals surface area (Å²) in [5, 5.41) is 16.6. The molecule has 0 saturated carbocycles. The highest BCUT2D eigenvalue weighted by molar-refractivity contribution is 7.10. The summed E-state index contributed by atoms with van der Waals surface area (Å²) < 4.78 is 0. The molecule has 1 amide bonds. The summed E-state index contributed by atoms with van der Waals surface area (Å²) in [5.74, 6) is 0.567. The Morgan fingerprint density at radius 1 is 1.56 bits per heavy atom. The second-order valence-electron chi connectivity index (χ2n) is 4.54. The molecular formula is C13H19N3OS. The predicted octanol–water partition coefficient (Wildman–Crippen LogP) is 1.87. The number of nitrogens with one attached hydrogen (secondary N) is 2. The van der Waals surface area contributed by atoms with E-state index in [2.05, 4.69) is 30.6 Å². The lowest BCUT2D eigenvalue weighted by Gasteiger charge is -2.07. The Morgan fingerprint density at radius 2 is 2.33 bits per heavy atom. The maximum absolute atomic E-state index is 11.4. The van der Waals surface area contributed by atoms with Crippen molar-refractivity contribution < 1.29 is 4.79 Å². The van der Waals surface area contributed by atoms with Crippen LogP contribution in [0, 0.1) is 17.2 Å². The van der Waals surface area contributed by atoms with E-state index in [1.165, 1.54) is 0 Å². The number of nitrogens with zero attached hydrogens (tertiary/aromatic N) is 1. The maximum Gasteiger partial charge on any atom is 0.221 e. The van der Waals surface area contributed by atoms with Gasteiger partial charge in [0.2, 0.25) is 5.91 Å². The first-order valence-corrected chi connectivity index (χ1v) is 6.94. The predicted molar refractivity (Wildman–Crippen MR) is 73.2 cm³/mol. The lowest BCUT2D eigenvalue weighted by Crippen LogP contribution is -2.30. The standard InChI is InChI=1S/C13H19N3OS/c1-10(2)7-16-13(17)3-4-15-8-12-5-11(6-14)9-18-12/h5,9-10,15H,3-4,7-8H2,1-2H3,(H,16,17). The maximum atomic E-state index is 11.4. The summed E-state index contributed by atoms with van der Waals surface area (Å²) in [6.45, 7) is 6.24. The number of rotatable bonds is 7. The normalized spacial score (nSPS) is 10.3. The molecule has 2 N–H and O–H groups in total. The third kappa shape index (κ3) is 5.80. The van der Waals surface area contributed by atoms with E-state index >= 15 is 0 Å². The summed E-state index contributed by atoms with van der Waals surface area (Å²) >= 11 is 1.56. The number of thiophene rings is 1. The molecule has 1 aromatic heterocycles. The fourth-order valence-electron chi connectivity index (χ4n) is 1.35. The number of nitriles is 1. The Balaban J connectivity index is 2.11. The first-order valence-electron chi connectivity index (χ1n) is 6.06. The molecule has 4 nitrogen and oxygen atoms in total. The molecule has 18 heavy (non-hydrogen) atoms. The van der Waals surface area contributed by atoms with Crippen molar-refractivity contribution in [1.29, 1.82) is 5.26 Å². The van der Waals surface area contributed by atoms with Crippen molar-refractivity contribution in [3.05, 3.63) is 21.9 Å². The van der Waals surface area contributed by atoms with Crippen LogP contribution in [-0.2, 0) is 11.3 Å². The van der Waals surface area contributed by atoms with Crippen molar-refractivity contribution in [3.8, 4) is 6.07 Å². The molecule has 1 rings (SSSR count). The zero-order valence-corrected chi connectivity index (χ0v) is 11.6. The zero-order chi connectivity index (χ0) is 13.4. The van der Waals surface area contributed by atoms with Crippen LogP contribution in [0.25, 0.3) is 0 Å². The number of carbonyl (C=O) groups is 1. The van der Waals surface area contributed by atoms with Gasteiger partial charge in [-0.1, -0.05) is 13.8 Å². The monoisotopic (exact) mass is 265 g/mol. The largest absolute Gasteiger partial charge is 0.356 e. The Hall–Kier alpha value is -1.38. The smallest absolute Gasteiger partial charge is 0.221 e. The van der Waals surface area contributed by atoms with E-state index in [9.17, 15) is 4.79 Å². The molecule has 0 radical (unpaired) electrons. The fraction of sp³-hybridized carbons (Fsp3) is 0.538. The van der Waals surface area contributed by atoms with E-state index in [-0.39, 0.29) is 5.91 Å². The Kier molecular flexibility index (Phi) is 6.40. The lowest BCUT2D eigenvalue weighted by molar-refractivity contribution is -0.121. The van der Waals surface area contributed by atoms with Crippen LogP contribution in [0.1, 0.15) is 30.7 Å². The van der Waals surface area contributed by atoms with E-state index in [1.54, 1.807) is 11.3 Å². The summed E-state index contributed by atoms with van der Waals surface area (Å²) in [6.07, 6.45) is 0.489. The van der Waals surface area contributed by atoms with Gasteiger partial charge in [-0.2, -0.15) is 5.26 Å². The van der Waals surface area contributed by atoms with Crippen LogP contribution in [0.2, 0.25) is 0 Å². The van der Waals surface area contributed by atoms with Crippen LogP contribution in [-0.4, -0.2) is 19.0 Å². The molecular weight excluding hydrogens is 246 g/mol. The van der Waals surface area contributed by atoms with E-state index in [1.807, 2.05) is 11.4 Å². The topological polar surface area (TPSA) is 64.9 Å². The van der Waals surface area contributed by atoms with Gasteiger partial charge in [-0.05, 0) is 12.0 Å². The van der Waals surface area contributed by atoms with Gasteiger partial charge in [0, 0.05) is 36.3 Å². The van der Waals surface area contributed by atoms with Gasteiger partial charge in [-0.3, -0.25) is 4.79 Å². The molecule has 1 aromatic rings. The summed E-state index contributed by atoms with van der Waals surface area (Å²) in [4.78, 5) is 12.5. The van der Waals surface area contributed by atoms with Crippen molar-refractivity contribution in [2.45, 2.75) is 26.8 Å². The summed E-state index contributed by atoms with van der Waals surface area (Å²) in [5.41, 5.74) is 0.700. The van der Waals surface area contributed by atoms with Crippen LogP contribution in [0.15, 0.2) is 11.4 Å². The van der Waals surface area contributed by atoms with Gasteiger partial charge in [-0.25, -0.2) is 0 Å². The third-order valence-corrected chi connectivity index (χ3v) is 3.26. The molecule has 0 saturated heterocycles. The highest BCUT2D eigenvalue weighted by Crippen LogP contribution is 2.13. The van der Waals surface area contributed by atoms with Crippen LogP contribution >= 0.6 is 11.3 Å². The van der Waals surface area contributed by atoms with Crippen molar-refractivity contribution in [2.24, 2.45) is 5.92 Å². The summed E-state index contributed by atoms with van der Waals surface area (Å²) in [7, 11) is 0. The molecule has 1 heterocycles. The average Bonchev–Trinajstić information content (AvgIpc) is 2.80. The van der Waals surface area contributed by atoms with E-state index in [0.717, 1.165) is 11.4 Å². The summed E-state index contributed by atoms with van der Waals surface area (Å²) in [6, 6.07) is 3.97. The van der Waals surface area contributed by atoms with E-state index in [4.69, 9.17) is 5.26 Å². The molecule has 0 bridgehead atoms. The molecule has 0 aliphatic carbocycles. The molecule has 5 heteroatoms. The van der Waals surface area contributed by atoms with E-state index in [0.29, 0.717) is 31.0 Å². The van der Waals surface area contributed by atoms with Gasteiger partial charge in [0.25, 0.3) is 0 Å². The third-order valence-electron chi connectivity index (χ3n) is 2.32. The molecule has 98 valence electrons. The minimum atomic E-state index is 0.0834. The van der Waals surface area contributed by atoms with Gasteiger partial charge in [0.05, 0.1) is 5.56 Å². The highest BCUT2D eigenvalue weighted by atomic mass is 32.1. The van der Waals surface area contributed by atoms with Gasteiger partial charge in [-0.15, -0.1) is 11.3 Å². The van der Waals surface area contributed by atoms with Crippen molar-refractivity contribution in [3.63, 3.8) is 0 Å². The van der Waals surface area contributed by atoms with Crippen molar-refractivity contribution >= 4 is 17.2 Å². The fourth-order valence-corrected chi connectivity index (χ4v) is 2.13. The van der Waals surface area contributed by atoms with E-state index < -0.39 is 0 Å². The van der Waals surface area contributed by atoms with Gasteiger partial charge in [0.15, 0.2) is 0 Å². The number of hydrogen-bond donors (Lipinski definition) is 2. The highest BCUT2D eigenvalue weighted by Gasteiger charge is 2.02.